The Balaban J connectivity index is 2.10. The zero-order valence-electron chi connectivity index (χ0n) is 16.3. The first-order valence-corrected chi connectivity index (χ1v) is 11.1. The molecule has 1 aliphatic carbocycles. The monoisotopic (exact) mass is 521 g/mol. The highest BCUT2D eigenvalue weighted by Gasteiger charge is 2.27. The first-order valence-electron chi connectivity index (χ1n) is 9.17. The predicted molar refractivity (Wildman–Crippen MR) is 118 cm³/mol. The van der Waals surface area contributed by atoms with Gasteiger partial charge in [-0.05, 0) is 50.0 Å². The number of hydrogen-bond acceptors (Lipinski definition) is 5. The van der Waals surface area contributed by atoms with Gasteiger partial charge in [0.1, 0.15) is 6.61 Å². The summed E-state index contributed by atoms with van der Waals surface area (Å²) in [6.07, 6.45) is 8.40. The zero-order valence-corrected chi connectivity index (χ0v) is 19.2. The first kappa shape index (κ1) is 22.9. The second-order valence-electron chi connectivity index (χ2n) is 7.72. The summed E-state index contributed by atoms with van der Waals surface area (Å²) < 4.78 is 8.00. The highest BCUT2D eigenvalue weighted by atomic mass is 127. The number of nitrogens with zero attached hydrogens (tertiary/aromatic N) is 3. The molecule has 0 amide bonds. The van der Waals surface area contributed by atoms with E-state index in [0.29, 0.717) is 12.0 Å². The van der Waals surface area contributed by atoms with Crippen molar-refractivity contribution in [2.75, 3.05) is 11.0 Å². The van der Waals surface area contributed by atoms with E-state index in [1.54, 1.807) is 6.08 Å². The van der Waals surface area contributed by atoms with Crippen LogP contribution < -0.4 is 10.3 Å². The summed E-state index contributed by atoms with van der Waals surface area (Å²) >= 11 is 8.47. The van der Waals surface area contributed by atoms with E-state index in [0.717, 1.165) is 23.7 Å². The van der Waals surface area contributed by atoms with E-state index in [1.165, 1.54) is 10.9 Å². The Kier molecular flexibility index (Phi) is 8.06. The Morgan fingerprint density at radius 2 is 2.14 bits per heavy atom. The second kappa shape index (κ2) is 9.87. The summed E-state index contributed by atoms with van der Waals surface area (Å²) in [6.45, 7) is 5.65. The third kappa shape index (κ3) is 5.79. The van der Waals surface area contributed by atoms with Gasteiger partial charge in [0.05, 0.1) is 22.6 Å². The summed E-state index contributed by atoms with van der Waals surface area (Å²) in [5.41, 5.74) is -0.00291. The van der Waals surface area contributed by atoms with Crippen molar-refractivity contribution in [3.8, 4) is 5.75 Å². The van der Waals surface area contributed by atoms with Crippen LogP contribution in [-0.2, 0) is 5.54 Å². The molecule has 7 nitrogen and oxygen atoms in total. The van der Waals surface area contributed by atoms with Crippen LogP contribution >= 0.6 is 34.2 Å². The van der Waals surface area contributed by atoms with Gasteiger partial charge in [0.25, 0.3) is 5.56 Å². The van der Waals surface area contributed by atoms with Crippen molar-refractivity contribution in [1.29, 1.82) is 0 Å². The molecule has 1 aromatic rings. The third-order valence-electron chi connectivity index (χ3n) is 4.48. The maximum Gasteiger partial charge on any atom is 0.289 e. The quantitative estimate of drug-likeness (QED) is 0.162. The van der Waals surface area contributed by atoms with Gasteiger partial charge < -0.3 is 4.74 Å². The van der Waals surface area contributed by atoms with Crippen molar-refractivity contribution in [2.45, 2.75) is 52.0 Å². The molecule has 154 valence electrons. The number of nitro groups is 1. The molecular formula is C19H25ClIN3O4. The van der Waals surface area contributed by atoms with Crippen LogP contribution in [0.5, 0.6) is 5.75 Å². The Labute approximate surface area is 183 Å². The minimum atomic E-state index is -0.499. The molecule has 1 aliphatic rings. The van der Waals surface area contributed by atoms with Gasteiger partial charge in [-0.3, -0.25) is 14.9 Å². The Morgan fingerprint density at radius 3 is 2.75 bits per heavy atom. The van der Waals surface area contributed by atoms with E-state index in [9.17, 15) is 14.9 Å². The molecular weight excluding hydrogens is 497 g/mol. The van der Waals surface area contributed by atoms with Gasteiger partial charge in [0.15, 0.2) is 10.8 Å². The van der Waals surface area contributed by atoms with Crippen LogP contribution in [0.1, 0.15) is 46.5 Å². The van der Waals surface area contributed by atoms with Crippen molar-refractivity contribution in [2.24, 2.45) is 5.92 Å². The minimum absolute atomic E-state index is 0.0449. The second-order valence-corrected chi connectivity index (χ2v) is 9.18. The molecule has 9 heteroatoms. The molecule has 0 aliphatic heterocycles. The summed E-state index contributed by atoms with van der Waals surface area (Å²) in [7, 11) is 0. The topological polar surface area (TPSA) is 87.3 Å². The lowest BCUT2D eigenvalue weighted by Crippen LogP contribution is -2.36. The van der Waals surface area contributed by atoms with Gasteiger partial charge in [-0.2, -0.15) is 5.10 Å². The van der Waals surface area contributed by atoms with E-state index in [1.807, 2.05) is 26.8 Å². The lowest BCUT2D eigenvalue weighted by molar-refractivity contribution is -0.434. The number of rotatable bonds is 8. The van der Waals surface area contributed by atoms with Crippen molar-refractivity contribution in [3.05, 3.63) is 55.1 Å². The molecule has 0 bridgehead atoms. The van der Waals surface area contributed by atoms with Crippen LogP contribution in [0.15, 0.2) is 34.4 Å². The molecule has 0 spiro atoms. The molecule has 1 heterocycles. The number of allylic oxidation sites excluding steroid dienone is 2. The van der Waals surface area contributed by atoms with E-state index >= 15 is 0 Å². The summed E-state index contributed by atoms with van der Waals surface area (Å²) in [5.74, 6) is 0.107. The van der Waals surface area contributed by atoms with Crippen LogP contribution in [0.3, 0.4) is 0 Å². The normalized spacial score (nSPS) is 17.1. The number of alkyl halides is 1. The maximum atomic E-state index is 12.4. The lowest BCUT2D eigenvalue weighted by Gasteiger charge is -2.21. The van der Waals surface area contributed by atoms with Gasteiger partial charge in [0, 0.05) is 6.08 Å². The van der Waals surface area contributed by atoms with Crippen molar-refractivity contribution in [1.82, 2.24) is 9.78 Å². The zero-order chi connectivity index (χ0) is 20.9. The van der Waals surface area contributed by atoms with Gasteiger partial charge >= 0.3 is 0 Å². The van der Waals surface area contributed by atoms with Gasteiger partial charge in [0.2, 0.25) is 5.70 Å². The summed E-state index contributed by atoms with van der Waals surface area (Å²) in [5, 5.41) is 15.5. The summed E-state index contributed by atoms with van der Waals surface area (Å²) in [4.78, 5) is 23.5. The Hall–Kier alpha value is -1.42. The Morgan fingerprint density at radius 1 is 1.43 bits per heavy atom. The van der Waals surface area contributed by atoms with Crippen LogP contribution in [-0.4, -0.2) is 25.7 Å². The fourth-order valence-corrected chi connectivity index (χ4v) is 3.71. The third-order valence-corrected chi connectivity index (χ3v) is 5.59. The van der Waals surface area contributed by atoms with Crippen molar-refractivity contribution < 1.29 is 9.66 Å². The minimum Gasteiger partial charge on any atom is -0.485 e. The van der Waals surface area contributed by atoms with E-state index in [-0.39, 0.29) is 33.9 Å². The lowest BCUT2D eigenvalue weighted by atomic mass is 9.89. The highest BCUT2D eigenvalue weighted by Crippen LogP contribution is 2.30. The van der Waals surface area contributed by atoms with Crippen LogP contribution in [0.4, 0.5) is 0 Å². The molecule has 0 fully saturated rings. The number of ether oxygens (including phenoxy) is 1. The van der Waals surface area contributed by atoms with E-state index in [2.05, 4.69) is 27.7 Å². The van der Waals surface area contributed by atoms with Crippen LogP contribution in [0, 0.1) is 16.0 Å². The smallest absolute Gasteiger partial charge is 0.289 e. The molecule has 0 aromatic carbocycles. The first-order chi connectivity index (χ1) is 13.1. The molecule has 0 saturated heterocycles. The average Bonchev–Trinajstić information content (AvgIpc) is 2.62. The predicted octanol–water partition coefficient (Wildman–Crippen LogP) is 4.74. The number of unbranched alkanes of at least 4 members (excludes halogenated alkanes) is 1. The standard InChI is InChI=1S/C19H25ClIN3O4/c1-19(2,3)23-18(25)17(20)16(11-22-23)28-12-13-7-8-14(6-4-5-9-21)15(10-13)24(26)27/h7,10-11,14H,4-6,8-9,12H2,1-3H3. The van der Waals surface area contributed by atoms with Crippen LogP contribution in [0.25, 0.3) is 0 Å². The number of halogens is 2. The largest absolute Gasteiger partial charge is 0.485 e. The highest BCUT2D eigenvalue weighted by molar-refractivity contribution is 14.1. The molecule has 0 saturated carbocycles. The number of aromatic nitrogens is 2. The van der Waals surface area contributed by atoms with Gasteiger partial charge in [-0.25, -0.2) is 4.68 Å². The fourth-order valence-electron chi connectivity index (χ4n) is 2.99. The van der Waals surface area contributed by atoms with Gasteiger partial charge in [-0.1, -0.05) is 46.7 Å². The summed E-state index contributed by atoms with van der Waals surface area (Å²) in [6, 6.07) is 0. The average molecular weight is 522 g/mol. The number of hydrogen-bond donors (Lipinski definition) is 0. The van der Waals surface area contributed by atoms with Crippen LogP contribution in [0.2, 0.25) is 5.02 Å². The Bertz CT molecular complexity index is 843. The molecule has 1 atom stereocenters. The molecule has 1 unspecified atom stereocenters. The molecule has 0 N–H and O–H groups in total. The van der Waals surface area contributed by atoms with Gasteiger partial charge in [-0.15, -0.1) is 0 Å². The fraction of sp³-hybridized carbons (Fsp3) is 0.579. The SMILES string of the molecule is CC(C)(C)n1ncc(OCC2=CCC(CCCCI)C([N+](=O)[O-])=C2)c(Cl)c1=O. The maximum absolute atomic E-state index is 12.4. The molecule has 28 heavy (non-hydrogen) atoms. The van der Waals surface area contributed by atoms with E-state index in [4.69, 9.17) is 16.3 Å². The molecule has 1 aromatic heterocycles. The molecule has 2 rings (SSSR count). The molecule has 0 radical (unpaired) electrons. The van der Waals surface area contributed by atoms with Crippen molar-refractivity contribution in [3.63, 3.8) is 0 Å². The van der Waals surface area contributed by atoms with E-state index < -0.39 is 11.1 Å². The van der Waals surface area contributed by atoms with Crippen molar-refractivity contribution >= 4 is 34.2 Å².